The van der Waals surface area contributed by atoms with Gasteiger partial charge >= 0.3 is 6.03 Å². The molecule has 1 aromatic heterocycles. The minimum atomic E-state index is -0.174. The van der Waals surface area contributed by atoms with Crippen LogP contribution in [0.15, 0.2) is 36.4 Å². The highest BCUT2D eigenvalue weighted by Gasteiger charge is 2.14. The lowest BCUT2D eigenvalue weighted by molar-refractivity contribution is 0.257. The van der Waals surface area contributed by atoms with Crippen molar-refractivity contribution in [3.05, 3.63) is 42.1 Å². The van der Waals surface area contributed by atoms with Gasteiger partial charge in [0.2, 0.25) is 0 Å². The largest absolute Gasteiger partial charge is 0.327 e. The number of nitrogens with zero attached hydrogens (tertiary/aromatic N) is 3. The second-order valence-corrected chi connectivity index (χ2v) is 4.30. The summed E-state index contributed by atoms with van der Waals surface area (Å²) in [5, 5.41) is 7.03. The summed E-state index contributed by atoms with van der Waals surface area (Å²) in [5.74, 6) is 0.569. The van der Waals surface area contributed by atoms with Crippen LogP contribution in [0.4, 0.5) is 16.3 Å². The molecule has 1 aromatic carbocycles. The molecule has 0 atom stereocenters. The number of nitrogens with one attached hydrogen (secondary N) is 1. The number of rotatable bonds is 3. The molecule has 0 spiro atoms. The van der Waals surface area contributed by atoms with E-state index in [1.54, 1.807) is 9.58 Å². The fourth-order valence-electron chi connectivity index (χ4n) is 1.85. The molecule has 0 saturated heterocycles. The van der Waals surface area contributed by atoms with Crippen molar-refractivity contribution in [1.82, 2.24) is 9.78 Å². The number of anilines is 2. The van der Waals surface area contributed by atoms with E-state index in [0.29, 0.717) is 12.4 Å². The topological polar surface area (TPSA) is 50.2 Å². The second kappa shape index (κ2) is 5.56. The minimum Gasteiger partial charge on any atom is -0.294 e. The molecule has 0 radical (unpaired) electrons. The number of carbonyl (C=O) groups excluding carboxylic acids is 1. The van der Waals surface area contributed by atoms with Gasteiger partial charge in [-0.2, -0.15) is 5.10 Å². The first kappa shape index (κ1) is 13.1. The first-order valence-corrected chi connectivity index (χ1v) is 6.26. The zero-order valence-corrected chi connectivity index (χ0v) is 11.4. The van der Waals surface area contributed by atoms with Crippen LogP contribution in [-0.4, -0.2) is 22.4 Å². The molecule has 0 saturated carbocycles. The van der Waals surface area contributed by atoms with Crippen molar-refractivity contribution in [1.29, 1.82) is 0 Å². The Kier molecular flexibility index (Phi) is 3.85. The van der Waals surface area contributed by atoms with Gasteiger partial charge in [0.1, 0.15) is 0 Å². The maximum atomic E-state index is 12.2. The van der Waals surface area contributed by atoms with Crippen LogP contribution in [0.1, 0.15) is 12.6 Å². The summed E-state index contributed by atoms with van der Waals surface area (Å²) >= 11 is 0. The average Bonchev–Trinajstić information content (AvgIpc) is 2.70. The van der Waals surface area contributed by atoms with Crippen LogP contribution in [0.5, 0.6) is 0 Å². The number of hydrogen-bond acceptors (Lipinski definition) is 2. The highest BCUT2D eigenvalue weighted by atomic mass is 16.2. The van der Waals surface area contributed by atoms with Crippen molar-refractivity contribution in [2.45, 2.75) is 13.8 Å². The van der Waals surface area contributed by atoms with Gasteiger partial charge in [-0.25, -0.2) is 4.79 Å². The van der Waals surface area contributed by atoms with E-state index in [1.165, 1.54) is 0 Å². The molecule has 0 aliphatic carbocycles. The summed E-state index contributed by atoms with van der Waals surface area (Å²) in [6, 6.07) is 11.2. The predicted octanol–water partition coefficient (Wildman–Crippen LogP) is 2.79. The average molecular weight is 258 g/mol. The van der Waals surface area contributed by atoms with E-state index in [4.69, 9.17) is 0 Å². The Bertz CT molecular complexity index is 543. The maximum absolute atomic E-state index is 12.2. The molecular weight excluding hydrogens is 240 g/mol. The summed E-state index contributed by atoms with van der Waals surface area (Å²) in [4.78, 5) is 13.9. The van der Waals surface area contributed by atoms with Crippen molar-refractivity contribution < 1.29 is 4.79 Å². The van der Waals surface area contributed by atoms with Gasteiger partial charge in [-0.05, 0) is 26.0 Å². The summed E-state index contributed by atoms with van der Waals surface area (Å²) in [5.41, 5.74) is 1.87. The third kappa shape index (κ3) is 2.93. The molecule has 5 heteroatoms. The number of urea groups is 1. The van der Waals surface area contributed by atoms with Crippen molar-refractivity contribution in [2.24, 2.45) is 7.05 Å². The van der Waals surface area contributed by atoms with Gasteiger partial charge in [-0.15, -0.1) is 0 Å². The van der Waals surface area contributed by atoms with Crippen LogP contribution >= 0.6 is 0 Å². The Morgan fingerprint density at radius 2 is 2.05 bits per heavy atom. The van der Waals surface area contributed by atoms with Crippen molar-refractivity contribution in [3.63, 3.8) is 0 Å². The number of para-hydroxylation sites is 1. The van der Waals surface area contributed by atoms with Crippen molar-refractivity contribution in [2.75, 3.05) is 16.8 Å². The van der Waals surface area contributed by atoms with E-state index in [0.717, 1.165) is 11.4 Å². The van der Waals surface area contributed by atoms with Crippen LogP contribution in [0.2, 0.25) is 0 Å². The number of amides is 2. The summed E-state index contributed by atoms with van der Waals surface area (Å²) in [7, 11) is 1.85. The summed E-state index contributed by atoms with van der Waals surface area (Å²) < 4.78 is 1.73. The lowest BCUT2D eigenvalue weighted by Crippen LogP contribution is -2.34. The monoisotopic (exact) mass is 258 g/mol. The van der Waals surface area contributed by atoms with Gasteiger partial charge in [0.25, 0.3) is 0 Å². The molecule has 0 unspecified atom stereocenters. The molecule has 2 amide bonds. The molecule has 1 heterocycles. The Morgan fingerprint density at radius 3 is 2.58 bits per heavy atom. The molecular formula is C14H18N4O. The fraction of sp³-hybridized carbons (Fsp3) is 0.286. The molecule has 100 valence electrons. The molecule has 2 rings (SSSR count). The standard InChI is InChI=1S/C14H18N4O/c1-4-18(12-8-6-5-7-9-12)14(19)15-13-10-11(2)17(3)16-13/h5-10H,4H2,1-3H3,(H,15,16,19). The Hall–Kier alpha value is -2.30. The van der Waals surface area contributed by atoms with Crippen LogP contribution in [-0.2, 0) is 7.05 Å². The van der Waals surface area contributed by atoms with Gasteiger partial charge in [0.05, 0.1) is 0 Å². The SMILES string of the molecule is CCN(C(=O)Nc1cc(C)n(C)n1)c1ccccc1. The fourth-order valence-corrected chi connectivity index (χ4v) is 1.85. The zero-order valence-electron chi connectivity index (χ0n) is 11.4. The number of benzene rings is 1. The van der Waals surface area contributed by atoms with Gasteiger partial charge < -0.3 is 0 Å². The lowest BCUT2D eigenvalue weighted by Gasteiger charge is -2.20. The second-order valence-electron chi connectivity index (χ2n) is 4.30. The van der Waals surface area contributed by atoms with Gasteiger partial charge in [-0.3, -0.25) is 14.9 Å². The Labute approximate surface area is 112 Å². The first-order valence-electron chi connectivity index (χ1n) is 6.26. The number of hydrogen-bond donors (Lipinski definition) is 1. The molecule has 0 aliphatic rings. The first-order chi connectivity index (χ1) is 9.11. The predicted molar refractivity (Wildman–Crippen MR) is 76.4 cm³/mol. The van der Waals surface area contributed by atoms with E-state index >= 15 is 0 Å². The summed E-state index contributed by atoms with van der Waals surface area (Å²) in [6.07, 6.45) is 0. The van der Waals surface area contributed by atoms with E-state index in [-0.39, 0.29) is 6.03 Å². The van der Waals surface area contributed by atoms with Gasteiger partial charge in [0, 0.05) is 31.0 Å². The third-order valence-corrected chi connectivity index (χ3v) is 2.98. The van der Waals surface area contributed by atoms with Crippen LogP contribution < -0.4 is 10.2 Å². The maximum Gasteiger partial charge on any atom is 0.327 e. The molecule has 19 heavy (non-hydrogen) atoms. The molecule has 0 bridgehead atoms. The number of aryl methyl sites for hydroxylation is 2. The van der Waals surface area contributed by atoms with Crippen LogP contribution in [0.3, 0.4) is 0 Å². The van der Waals surface area contributed by atoms with Crippen molar-refractivity contribution >= 4 is 17.5 Å². The highest BCUT2D eigenvalue weighted by molar-refractivity contribution is 6.01. The number of aromatic nitrogens is 2. The third-order valence-electron chi connectivity index (χ3n) is 2.98. The van der Waals surface area contributed by atoms with E-state index in [9.17, 15) is 4.79 Å². The molecule has 0 aliphatic heterocycles. The highest BCUT2D eigenvalue weighted by Crippen LogP contribution is 2.15. The van der Waals surface area contributed by atoms with Gasteiger partial charge in [0.15, 0.2) is 5.82 Å². The summed E-state index contributed by atoms with van der Waals surface area (Å²) in [6.45, 7) is 4.48. The number of carbonyl (C=O) groups is 1. The van der Waals surface area contributed by atoms with E-state index in [2.05, 4.69) is 10.4 Å². The molecule has 0 fully saturated rings. The normalized spacial score (nSPS) is 10.3. The van der Waals surface area contributed by atoms with Crippen molar-refractivity contribution in [3.8, 4) is 0 Å². The van der Waals surface area contributed by atoms with Gasteiger partial charge in [-0.1, -0.05) is 18.2 Å². The molecule has 1 N–H and O–H groups in total. The van der Waals surface area contributed by atoms with Crippen LogP contribution in [0, 0.1) is 6.92 Å². The van der Waals surface area contributed by atoms with E-state index < -0.39 is 0 Å². The lowest BCUT2D eigenvalue weighted by atomic mass is 10.3. The minimum absolute atomic E-state index is 0.174. The Balaban J connectivity index is 2.14. The molecule has 2 aromatic rings. The quantitative estimate of drug-likeness (QED) is 0.920. The molecule has 5 nitrogen and oxygen atoms in total. The zero-order chi connectivity index (χ0) is 13.8. The smallest absolute Gasteiger partial charge is 0.294 e. The Morgan fingerprint density at radius 1 is 1.37 bits per heavy atom. The van der Waals surface area contributed by atoms with Crippen LogP contribution in [0.25, 0.3) is 0 Å². The van der Waals surface area contributed by atoms with E-state index in [1.807, 2.05) is 57.3 Å².